The van der Waals surface area contributed by atoms with Gasteiger partial charge in [0.25, 0.3) is 0 Å². The third-order valence-electron chi connectivity index (χ3n) is 2.51. The van der Waals surface area contributed by atoms with Gasteiger partial charge in [-0.3, -0.25) is 4.68 Å². The molecule has 0 saturated carbocycles. The number of benzene rings is 1. The molecule has 0 saturated heterocycles. The Bertz CT molecular complexity index is 581. The molecule has 6 nitrogen and oxygen atoms in total. The van der Waals surface area contributed by atoms with E-state index in [4.69, 9.17) is 10.3 Å². The lowest BCUT2D eigenvalue weighted by molar-refractivity contribution is 0.305. The van der Waals surface area contributed by atoms with Crippen molar-refractivity contribution in [1.29, 1.82) is 0 Å². The minimum atomic E-state index is 0.473. The van der Waals surface area contributed by atoms with Crippen LogP contribution in [0.25, 0.3) is 10.4 Å². The van der Waals surface area contributed by atoms with Gasteiger partial charge in [-0.1, -0.05) is 5.11 Å². The first-order valence-electron chi connectivity index (χ1n) is 5.46. The molecule has 0 aliphatic heterocycles. The summed E-state index contributed by atoms with van der Waals surface area (Å²) in [4.78, 5) is 2.72. The number of azide groups is 1. The van der Waals surface area contributed by atoms with Crippen molar-refractivity contribution in [3.05, 3.63) is 52.2 Å². The van der Waals surface area contributed by atoms with Gasteiger partial charge in [0.15, 0.2) is 0 Å². The van der Waals surface area contributed by atoms with Crippen LogP contribution in [-0.2, 0) is 13.7 Å². The van der Waals surface area contributed by atoms with Crippen molar-refractivity contribution >= 4 is 5.69 Å². The molecule has 0 fully saturated rings. The van der Waals surface area contributed by atoms with Crippen molar-refractivity contribution in [2.45, 2.75) is 13.5 Å². The van der Waals surface area contributed by atoms with Gasteiger partial charge in [0, 0.05) is 29.4 Å². The Kier molecular flexibility index (Phi) is 3.50. The zero-order chi connectivity index (χ0) is 13.0. The standard InChI is InChI=1S/C12H13N5O/c1-9-10(7-17(2)15-9)8-18-12-5-3-11(4-6-12)14-16-13/h3-7H,8H2,1-2H3. The molecule has 0 N–H and O–H groups in total. The van der Waals surface area contributed by atoms with Gasteiger partial charge in [0.1, 0.15) is 12.4 Å². The second-order valence-electron chi connectivity index (χ2n) is 3.89. The van der Waals surface area contributed by atoms with E-state index in [0.717, 1.165) is 17.0 Å². The number of rotatable bonds is 4. The maximum atomic E-state index is 8.29. The number of aromatic nitrogens is 2. The van der Waals surface area contributed by atoms with Gasteiger partial charge >= 0.3 is 0 Å². The van der Waals surface area contributed by atoms with Gasteiger partial charge in [0.2, 0.25) is 0 Å². The Labute approximate surface area is 104 Å². The Balaban J connectivity index is 2.02. The van der Waals surface area contributed by atoms with Crippen molar-refractivity contribution in [2.75, 3.05) is 0 Å². The molecule has 2 aromatic rings. The van der Waals surface area contributed by atoms with Gasteiger partial charge in [-0.15, -0.1) is 0 Å². The molecule has 6 heteroatoms. The average molecular weight is 243 g/mol. The van der Waals surface area contributed by atoms with Gasteiger partial charge in [-0.25, -0.2) is 0 Å². The molecule has 18 heavy (non-hydrogen) atoms. The lowest BCUT2D eigenvalue weighted by Gasteiger charge is -2.05. The van der Waals surface area contributed by atoms with Crippen LogP contribution < -0.4 is 4.74 Å². The summed E-state index contributed by atoms with van der Waals surface area (Å²) in [6, 6.07) is 6.97. The van der Waals surface area contributed by atoms with E-state index in [-0.39, 0.29) is 0 Å². The van der Waals surface area contributed by atoms with E-state index in [2.05, 4.69) is 15.1 Å². The highest BCUT2D eigenvalue weighted by molar-refractivity contribution is 5.41. The highest BCUT2D eigenvalue weighted by Gasteiger charge is 2.03. The topological polar surface area (TPSA) is 75.8 Å². The molecular formula is C12H13N5O. The van der Waals surface area contributed by atoms with E-state index < -0.39 is 0 Å². The van der Waals surface area contributed by atoms with Gasteiger partial charge in [-0.2, -0.15) is 5.10 Å². The third-order valence-corrected chi connectivity index (χ3v) is 2.51. The molecule has 2 rings (SSSR count). The minimum Gasteiger partial charge on any atom is -0.489 e. The summed E-state index contributed by atoms with van der Waals surface area (Å²) >= 11 is 0. The van der Waals surface area contributed by atoms with E-state index in [1.807, 2.05) is 20.2 Å². The summed E-state index contributed by atoms with van der Waals surface area (Å²) in [6.07, 6.45) is 1.93. The zero-order valence-electron chi connectivity index (χ0n) is 10.2. The monoisotopic (exact) mass is 243 g/mol. The Hall–Kier alpha value is -2.46. The molecule has 0 radical (unpaired) electrons. The number of hydrogen-bond donors (Lipinski definition) is 0. The van der Waals surface area contributed by atoms with Crippen LogP contribution >= 0.6 is 0 Å². The normalized spacial score (nSPS) is 9.89. The summed E-state index contributed by atoms with van der Waals surface area (Å²) in [7, 11) is 1.88. The first-order valence-corrected chi connectivity index (χ1v) is 5.46. The second kappa shape index (κ2) is 5.25. The van der Waals surface area contributed by atoms with E-state index in [1.165, 1.54) is 0 Å². The SMILES string of the molecule is Cc1nn(C)cc1COc1ccc(N=[N+]=[N-])cc1. The smallest absolute Gasteiger partial charge is 0.119 e. The third kappa shape index (κ3) is 2.81. The maximum Gasteiger partial charge on any atom is 0.119 e. The number of aryl methyl sites for hydroxylation is 2. The highest BCUT2D eigenvalue weighted by Crippen LogP contribution is 2.19. The van der Waals surface area contributed by atoms with Crippen LogP contribution in [-0.4, -0.2) is 9.78 Å². The predicted octanol–water partition coefficient (Wildman–Crippen LogP) is 3.25. The molecule has 0 aliphatic carbocycles. The number of nitrogens with zero attached hydrogens (tertiary/aromatic N) is 5. The lowest BCUT2D eigenvalue weighted by atomic mass is 10.3. The van der Waals surface area contributed by atoms with E-state index in [1.54, 1.807) is 28.9 Å². The summed E-state index contributed by atoms with van der Waals surface area (Å²) in [5.41, 5.74) is 10.9. The molecule has 0 spiro atoms. The molecule has 1 heterocycles. The fourth-order valence-electron chi connectivity index (χ4n) is 1.61. The maximum absolute atomic E-state index is 8.29. The minimum absolute atomic E-state index is 0.473. The molecule has 0 aliphatic rings. The predicted molar refractivity (Wildman–Crippen MR) is 67.5 cm³/mol. The summed E-state index contributed by atoms with van der Waals surface area (Å²) in [5.74, 6) is 0.732. The fourth-order valence-corrected chi connectivity index (χ4v) is 1.61. The quantitative estimate of drug-likeness (QED) is 0.469. The Morgan fingerprint density at radius 1 is 1.39 bits per heavy atom. The highest BCUT2D eigenvalue weighted by atomic mass is 16.5. The van der Waals surface area contributed by atoms with Crippen LogP contribution in [0.3, 0.4) is 0 Å². The molecule has 92 valence electrons. The summed E-state index contributed by atoms with van der Waals surface area (Å²) < 4.78 is 7.39. The van der Waals surface area contributed by atoms with Crippen molar-refractivity contribution in [3.8, 4) is 5.75 Å². The largest absolute Gasteiger partial charge is 0.489 e. The summed E-state index contributed by atoms with van der Waals surface area (Å²) in [5, 5.41) is 7.74. The van der Waals surface area contributed by atoms with Crippen LogP contribution in [0, 0.1) is 6.92 Å². The summed E-state index contributed by atoms with van der Waals surface area (Å²) in [6.45, 7) is 2.42. The van der Waals surface area contributed by atoms with Crippen LogP contribution in [0.4, 0.5) is 5.69 Å². The molecule has 0 unspecified atom stereocenters. The molecule has 0 atom stereocenters. The zero-order valence-corrected chi connectivity index (χ0v) is 10.2. The average Bonchev–Trinajstić information content (AvgIpc) is 2.67. The van der Waals surface area contributed by atoms with Crippen molar-refractivity contribution < 1.29 is 4.74 Å². The lowest BCUT2D eigenvalue weighted by Crippen LogP contribution is -1.95. The van der Waals surface area contributed by atoms with E-state index in [9.17, 15) is 0 Å². The van der Waals surface area contributed by atoms with Crippen LogP contribution in [0.2, 0.25) is 0 Å². The van der Waals surface area contributed by atoms with Gasteiger partial charge in [-0.05, 0) is 36.7 Å². The second-order valence-corrected chi connectivity index (χ2v) is 3.89. The van der Waals surface area contributed by atoms with Crippen LogP contribution in [0.15, 0.2) is 35.6 Å². The number of ether oxygens (including phenoxy) is 1. The van der Waals surface area contributed by atoms with Gasteiger partial charge in [0.05, 0.1) is 5.69 Å². The first kappa shape index (κ1) is 12.0. The first-order chi connectivity index (χ1) is 8.69. The molecule has 1 aromatic heterocycles. The van der Waals surface area contributed by atoms with E-state index in [0.29, 0.717) is 12.3 Å². The van der Waals surface area contributed by atoms with Crippen molar-refractivity contribution in [1.82, 2.24) is 9.78 Å². The van der Waals surface area contributed by atoms with Crippen molar-refractivity contribution in [2.24, 2.45) is 12.2 Å². The Morgan fingerprint density at radius 3 is 2.67 bits per heavy atom. The van der Waals surface area contributed by atoms with Crippen LogP contribution in [0.5, 0.6) is 5.75 Å². The Morgan fingerprint density at radius 2 is 2.11 bits per heavy atom. The van der Waals surface area contributed by atoms with Crippen LogP contribution in [0.1, 0.15) is 11.3 Å². The van der Waals surface area contributed by atoms with E-state index >= 15 is 0 Å². The molecular weight excluding hydrogens is 230 g/mol. The molecule has 0 amide bonds. The van der Waals surface area contributed by atoms with Crippen molar-refractivity contribution in [3.63, 3.8) is 0 Å². The number of hydrogen-bond acceptors (Lipinski definition) is 3. The fraction of sp³-hybridized carbons (Fsp3) is 0.250. The van der Waals surface area contributed by atoms with Gasteiger partial charge < -0.3 is 4.74 Å². The molecule has 0 bridgehead atoms. The molecule has 1 aromatic carbocycles.